The van der Waals surface area contributed by atoms with Crippen LogP contribution in [0.15, 0.2) is 35.3 Å². The van der Waals surface area contributed by atoms with E-state index in [1.54, 1.807) is 4.90 Å². The maximum atomic E-state index is 13.1. The monoisotopic (exact) mass is 349 g/mol. The third kappa shape index (κ3) is 2.14. The van der Waals surface area contributed by atoms with E-state index < -0.39 is 0 Å². The van der Waals surface area contributed by atoms with Gasteiger partial charge in [0.1, 0.15) is 5.82 Å². The van der Waals surface area contributed by atoms with Crippen molar-refractivity contribution in [2.45, 2.75) is 51.2 Å². The summed E-state index contributed by atoms with van der Waals surface area (Å²) in [7, 11) is 1.84. The van der Waals surface area contributed by atoms with Crippen LogP contribution in [0, 0.1) is 6.92 Å². The molecule has 6 heteroatoms. The number of anilines is 1. The van der Waals surface area contributed by atoms with Crippen LogP contribution >= 0.6 is 0 Å². The van der Waals surface area contributed by atoms with Gasteiger partial charge in [0.15, 0.2) is 11.5 Å². The number of benzene rings is 1. The molecule has 0 radical (unpaired) electrons. The van der Waals surface area contributed by atoms with Crippen LogP contribution in [-0.4, -0.2) is 45.4 Å². The van der Waals surface area contributed by atoms with Crippen LogP contribution < -0.4 is 4.90 Å². The zero-order chi connectivity index (χ0) is 17.8. The number of rotatable bonds is 2. The number of carbonyl (C=O) groups is 1. The molecule has 134 valence electrons. The largest absolute Gasteiger partial charge is 0.318 e. The van der Waals surface area contributed by atoms with E-state index in [0.717, 1.165) is 30.4 Å². The van der Waals surface area contributed by atoms with Gasteiger partial charge in [-0.3, -0.25) is 14.6 Å². The first-order valence-corrected chi connectivity index (χ1v) is 9.41. The molecule has 5 rings (SSSR count). The Morgan fingerprint density at radius 1 is 1.15 bits per heavy atom. The van der Waals surface area contributed by atoms with Crippen LogP contribution in [0.5, 0.6) is 0 Å². The van der Waals surface area contributed by atoms with Crippen molar-refractivity contribution >= 4 is 17.7 Å². The molecule has 3 aliphatic rings. The number of carbonyl (C=O) groups excluding carboxylic acids is 1. The van der Waals surface area contributed by atoms with Gasteiger partial charge in [-0.25, -0.2) is 9.98 Å². The Hall–Kier alpha value is -2.63. The number of imidazole rings is 1. The molecule has 0 saturated heterocycles. The summed E-state index contributed by atoms with van der Waals surface area (Å²) < 4.78 is 2.05. The Labute approximate surface area is 153 Å². The SMILES string of the molecule is Cc1nc2c(n1Cc1ccccc1)C(=O)N(C)C1=N[C@H]3CCCC[C@H]3N12. The number of nitrogens with zero attached hydrogens (tertiary/aromatic N) is 5. The molecule has 1 aromatic carbocycles. The molecule has 0 bridgehead atoms. The molecule has 1 aliphatic carbocycles. The molecular formula is C20H23N5O. The van der Waals surface area contributed by atoms with Crippen molar-refractivity contribution in [2.24, 2.45) is 4.99 Å². The van der Waals surface area contributed by atoms with Crippen molar-refractivity contribution in [3.05, 3.63) is 47.4 Å². The van der Waals surface area contributed by atoms with E-state index in [9.17, 15) is 4.79 Å². The van der Waals surface area contributed by atoms with Gasteiger partial charge in [0.25, 0.3) is 5.91 Å². The Morgan fingerprint density at radius 2 is 1.92 bits per heavy atom. The van der Waals surface area contributed by atoms with Crippen molar-refractivity contribution < 1.29 is 4.79 Å². The summed E-state index contributed by atoms with van der Waals surface area (Å²) in [6.07, 6.45) is 4.66. The van der Waals surface area contributed by atoms with Crippen LogP contribution in [0.1, 0.15) is 47.6 Å². The van der Waals surface area contributed by atoms with E-state index in [4.69, 9.17) is 9.98 Å². The van der Waals surface area contributed by atoms with Gasteiger partial charge in [-0.2, -0.15) is 0 Å². The molecule has 1 fully saturated rings. The molecule has 2 aromatic rings. The standard InChI is InChI=1S/C20H23N5O/c1-13-21-18-17(24(13)12-14-8-4-3-5-9-14)19(26)23(2)20-22-15-10-6-7-11-16(15)25(18)20/h3-5,8-9,15-16H,6-7,10-12H2,1-2H3/t15-,16+/m0/s1. The Balaban J connectivity index is 1.62. The minimum atomic E-state index is -0.00909. The minimum absolute atomic E-state index is 0.00909. The fraction of sp³-hybridized carbons (Fsp3) is 0.450. The smallest absolute Gasteiger partial charge is 0.280 e. The molecule has 1 amide bonds. The molecule has 0 spiro atoms. The maximum Gasteiger partial charge on any atom is 0.280 e. The first-order chi connectivity index (χ1) is 12.6. The van der Waals surface area contributed by atoms with Crippen molar-refractivity contribution in [2.75, 3.05) is 11.9 Å². The third-order valence-corrected chi connectivity index (χ3v) is 5.88. The number of hydrogen-bond acceptors (Lipinski definition) is 4. The molecule has 2 atom stereocenters. The second-order valence-electron chi connectivity index (χ2n) is 7.49. The summed E-state index contributed by atoms with van der Waals surface area (Å²) in [5.41, 5.74) is 1.86. The van der Waals surface area contributed by atoms with Crippen LogP contribution in [0.25, 0.3) is 0 Å². The molecular weight excluding hydrogens is 326 g/mol. The van der Waals surface area contributed by atoms with Crippen LogP contribution in [-0.2, 0) is 6.54 Å². The lowest BCUT2D eigenvalue weighted by molar-refractivity contribution is 0.0854. The lowest BCUT2D eigenvalue weighted by Gasteiger charge is -2.36. The number of guanidine groups is 1. The normalized spacial score (nSPS) is 24.2. The van der Waals surface area contributed by atoms with Crippen LogP contribution in [0.2, 0.25) is 0 Å². The summed E-state index contributed by atoms with van der Waals surface area (Å²) in [4.78, 5) is 26.8. The third-order valence-electron chi connectivity index (χ3n) is 5.88. The van der Waals surface area contributed by atoms with Crippen molar-refractivity contribution in [3.8, 4) is 0 Å². The predicted molar refractivity (Wildman–Crippen MR) is 101 cm³/mol. The van der Waals surface area contributed by atoms with Crippen molar-refractivity contribution in [1.29, 1.82) is 0 Å². The molecule has 3 heterocycles. The van der Waals surface area contributed by atoms with Gasteiger partial charge >= 0.3 is 0 Å². The Kier molecular flexibility index (Phi) is 3.42. The maximum absolute atomic E-state index is 13.1. The number of aliphatic imine (C=N–C) groups is 1. The highest BCUT2D eigenvalue weighted by Gasteiger charge is 2.47. The lowest BCUT2D eigenvalue weighted by Crippen LogP contribution is -2.52. The number of aryl methyl sites for hydroxylation is 1. The molecule has 0 N–H and O–H groups in total. The molecule has 1 aromatic heterocycles. The van der Waals surface area contributed by atoms with Gasteiger partial charge in [0.05, 0.1) is 12.1 Å². The van der Waals surface area contributed by atoms with Gasteiger partial charge in [0, 0.05) is 13.6 Å². The first kappa shape index (κ1) is 15.6. The first-order valence-electron chi connectivity index (χ1n) is 9.41. The average molecular weight is 349 g/mol. The Morgan fingerprint density at radius 3 is 2.73 bits per heavy atom. The molecule has 6 nitrogen and oxygen atoms in total. The highest BCUT2D eigenvalue weighted by atomic mass is 16.2. The van der Waals surface area contributed by atoms with Gasteiger partial charge in [-0.1, -0.05) is 43.2 Å². The van der Waals surface area contributed by atoms with E-state index in [1.165, 1.54) is 18.4 Å². The quantitative estimate of drug-likeness (QED) is 0.838. The van der Waals surface area contributed by atoms with E-state index >= 15 is 0 Å². The topological polar surface area (TPSA) is 53.7 Å². The number of hydrogen-bond donors (Lipinski definition) is 0. The van der Waals surface area contributed by atoms with Crippen molar-refractivity contribution in [3.63, 3.8) is 0 Å². The van der Waals surface area contributed by atoms with E-state index in [2.05, 4.69) is 21.6 Å². The van der Waals surface area contributed by atoms with Gasteiger partial charge < -0.3 is 4.57 Å². The van der Waals surface area contributed by atoms with Crippen molar-refractivity contribution in [1.82, 2.24) is 14.5 Å². The summed E-state index contributed by atoms with van der Waals surface area (Å²) >= 11 is 0. The number of amides is 1. The van der Waals surface area contributed by atoms with E-state index in [0.29, 0.717) is 24.3 Å². The molecule has 26 heavy (non-hydrogen) atoms. The van der Waals surface area contributed by atoms with E-state index in [-0.39, 0.29) is 5.91 Å². The van der Waals surface area contributed by atoms with E-state index in [1.807, 2.05) is 32.2 Å². The summed E-state index contributed by atoms with van der Waals surface area (Å²) in [6, 6.07) is 10.9. The summed E-state index contributed by atoms with van der Waals surface area (Å²) in [6.45, 7) is 2.64. The molecule has 0 unspecified atom stereocenters. The highest BCUT2D eigenvalue weighted by molar-refractivity contribution is 6.18. The average Bonchev–Trinajstić information content (AvgIpc) is 3.19. The lowest BCUT2D eigenvalue weighted by atomic mass is 9.90. The van der Waals surface area contributed by atoms with Gasteiger partial charge in [-0.05, 0) is 25.3 Å². The van der Waals surface area contributed by atoms with Crippen LogP contribution in [0.4, 0.5) is 5.82 Å². The number of fused-ring (bicyclic) bond motifs is 5. The zero-order valence-electron chi connectivity index (χ0n) is 15.2. The highest BCUT2D eigenvalue weighted by Crippen LogP contribution is 2.39. The molecule has 1 saturated carbocycles. The minimum Gasteiger partial charge on any atom is -0.318 e. The second kappa shape index (κ2) is 5.69. The zero-order valence-corrected chi connectivity index (χ0v) is 15.2. The summed E-state index contributed by atoms with van der Waals surface area (Å²) in [5, 5.41) is 0. The fourth-order valence-corrected chi connectivity index (χ4v) is 4.54. The van der Waals surface area contributed by atoms with Gasteiger partial charge in [0.2, 0.25) is 5.96 Å². The fourth-order valence-electron chi connectivity index (χ4n) is 4.54. The predicted octanol–water partition coefficient (Wildman–Crippen LogP) is 2.81. The molecule has 2 aliphatic heterocycles. The summed E-state index contributed by atoms with van der Waals surface area (Å²) in [5.74, 6) is 2.45. The second-order valence-corrected chi connectivity index (χ2v) is 7.49. The Bertz CT molecular complexity index is 900. The van der Waals surface area contributed by atoms with Gasteiger partial charge in [-0.15, -0.1) is 0 Å². The number of aromatic nitrogens is 2. The van der Waals surface area contributed by atoms with Crippen LogP contribution in [0.3, 0.4) is 0 Å².